The summed E-state index contributed by atoms with van der Waals surface area (Å²) in [6, 6.07) is 6.60. The van der Waals surface area contributed by atoms with E-state index in [0.29, 0.717) is 17.6 Å². The second kappa shape index (κ2) is 12.8. The SMILES string of the molecule is Cc1nc(NC[C@H](NC(=O)OCc2ccncc2)C(=O)O)c(C)c(N2CCC(c3ccc4c(n3)NCCC4)CC2)n1. The quantitative estimate of drug-likeness (QED) is 0.304. The molecule has 12 heteroatoms. The number of piperidine rings is 1. The number of aryl methyl sites for hydroxylation is 2. The minimum absolute atomic E-state index is 0.0117. The lowest BCUT2D eigenvalue weighted by molar-refractivity contribution is -0.139. The number of ether oxygens (including phenoxy) is 1. The monoisotopic (exact) mass is 560 g/mol. The lowest BCUT2D eigenvalue weighted by atomic mass is 9.92. The number of amides is 1. The van der Waals surface area contributed by atoms with Gasteiger partial charge in [-0.1, -0.05) is 6.07 Å². The Morgan fingerprint density at radius 2 is 1.90 bits per heavy atom. The predicted molar refractivity (Wildman–Crippen MR) is 154 cm³/mol. The second-order valence-electron chi connectivity index (χ2n) is 10.5. The lowest BCUT2D eigenvalue weighted by Crippen LogP contribution is -2.45. The molecule has 5 heterocycles. The fourth-order valence-electron chi connectivity index (χ4n) is 5.26. The van der Waals surface area contributed by atoms with Crippen LogP contribution in [0.5, 0.6) is 0 Å². The van der Waals surface area contributed by atoms with Crippen molar-refractivity contribution in [3.63, 3.8) is 0 Å². The summed E-state index contributed by atoms with van der Waals surface area (Å²) in [5.41, 5.74) is 4.02. The van der Waals surface area contributed by atoms with Gasteiger partial charge in [0, 0.05) is 55.7 Å². The first-order valence-electron chi connectivity index (χ1n) is 14.0. The first-order valence-corrected chi connectivity index (χ1v) is 14.0. The Balaban J connectivity index is 1.19. The van der Waals surface area contributed by atoms with Gasteiger partial charge in [-0.3, -0.25) is 4.98 Å². The molecule has 12 nitrogen and oxygen atoms in total. The molecule has 1 atom stereocenters. The Morgan fingerprint density at radius 3 is 2.66 bits per heavy atom. The lowest BCUT2D eigenvalue weighted by Gasteiger charge is -2.34. The molecule has 0 aromatic carbocycles. The van der Waals surface area contributed by atoms with Crippen molar-refractivity contribution in [2.24, 2.45) is 0 Å². The van der Waals surface area contributed by atoms with Crippen LogP contribution in [0.25, 0.3) is 0 Å². The Labute approximate surface area is 239 Å². The molecule has 0 saturated carbocycles. The molecular weight excluding hydrogens is 524 g/mol. The zero-order valence-corrected chi connectivity index (χ0v) is 23.4. The van der Waals surface area contributed by atoms with E-state index in [1.165, 1.54) is 5.56 Å². The molecule has 1 amide bonds. The molecule has 0 spiro atoms. The fourth-order valence-corrected chi connectivity index (χ4v) is 5.26. The number of rotatable bonds is 9. The number of alkyl carbamates (subject to hydrolysis) is 1. The summed E-state index contributed by atoms with van der Waals surface area (Å²) in [4.78, 5) is 44.4. The van der Waals surface area contributed by atoms with Gasteiger partial charge in [-0.05, 0) is 68.9 Å². The number of nitrogens with one attached hydrogen (secondary N) is 3. The summed E-state index contributed by atoms with van der Waals surface area (Å²) >= 11 is 0. The van der Waals surface area contributed by atoms with Crippen molar-refractivity contribution in [2.45, 2.75) is 58.1 Å². The van der Waals surface area contributed by atoms with Crippen LogP contribution in [-0.2, 0) is 22.6 Å². The number of nitrogens with zero attached hydrogens (tertiary/aromatic N) is 5. The maximum atomic E-state index is 12.2. The number of fused-ring (bicyclic) bond motifs is 1. The van der Waals surface area contributed by atoms with Gasteiger partial charge in [0.2, 0.25) is 0 Å². The summed E-state index contributed by atoms with van der Waals surface area (Å²) in [5, 5.41) is 18.6. The Hall–Kier alpha value is -4.48. The molecule has 1 saturated heterocycles. The van der Waals surface area contributed by atoms with Crippen molar-refractivity contribution in [2.75, 3.05) is 41.7 Å². The molecule has 4 N–H and O–H groups in total. The molecule has 1 fully saturated rings. The van der Waals surface area contributed by atoms with Crippen LogP contribution < -0.4 is 20.9 Å². The topological polar surface area (TPSA) is 154 Å². The Bertz CT molecular complexity index is 1380. The van der Waals surface area contributed by atoms with Gasteiger partial charge in [0.15, 0.2) is 0 Å². The molecule has 0 unspecified atom stereocenters. The third-order valence-corrected chi connectivity index (χ3v) is 7.54. The van der Waals surface area contributed by atoms with Gasteiger partial charge in [0.25, 0.3) is 0 Å². The van der Waals surface area contributed by atoms with Crippen LogP contribution in [0.1, 0.15) is 53.4 Å². The average Bonchev–Trinajstić information content (AvgIpc) is 2.99. The normalized spacial score (nSPS) is 15.8. The molecule has 3 aromatic heterocycles. The zero-order valence-electron chi connectivity index (χ0n) is 23.4. The average molecular weight is 561 g/mol. The van der Waals surface area contributed by atoms with Gasteiger partial charge in [-0.2, -0.15) is 0 Å². The summed E-state index contributed by atoms with van der Waals surface area (Å²) < 4.78 is 5.16. The van der Waals surface area contributed by atoms with Crippen LogP contribution in [0.15, 0.2) is 36.7 Å². The number of carboxylic acids is 1. The predicted octanol–water partition coefficient (Wildman–Crippen LogP) is 3.42. The van der Waals surface area contributed by atoms with Crippen LogP contribution in [-0.4, -0.2) is 69.3 Å². The van der Waals surface area contributed by atoms with Gasteiger partial charge in [-0.25, -0.2) is 24.5 Å². The number of carbonyl (C=O) groups is 2. The molecule has 216 valence electrons. The molecule has 0 aliphatic carbocycles. The Kier molecular flexibility index (Phi) is 8.76. The molecule has 5 rings (SSSR count). The number of pyridine rings is 2. The van der Waals surface area contributed by atoms with Crippen LogP contribution in [0.3, 0.4) is 0 Å². The van der Waals surface area contributed by atoms with Crippen molar-refractivity contribution in [1.29, 1.82) is 0 Å². The van der Waals surface area contributed by atoms with E-state index < -0.39 is 18.1 Å². The number of hydrogen-bond donors (Lipinski definition) is 4. The molecule has 0 radical (unpaired) electrons. The van der Waals surface area contributed by atoms with Crippen molar-refractivity contribution < 1.29 is 19.4 Å². The summed E-state index contributed by atoms with van der Waals surface area (Å²) in [5.74, 6) is 2.18. The van der Waals surface area contributed by atoms with E-state index in [1.807, 2.05) is 13.8 Å². The second-order valence-corrected chi connectivity index (χ2v) is 10.5. The van der Waals surface area contributed by atoms with E-state index in [2.05, 4.69) is 43.0 Å². The van der Waals surface area contributed by atoms with Crippen molar-refractivity contribution >= 4 is 29.5 Å². The van der Waals surface area contributed by atoms with Gasteiger partial charge < -0.3 is 30.7 Å². The molecular formula is C29H36N8O4. The minimum Gasteiger partial charge on any atom is -0.480 e. The number of carbonyl (C=O) groups excluding carboxylic acids is 1. The number of aliphatic carboxylic acids is 1. The maximum absolute atomic E-state index is 12.2. The highest BCUT2D eigenvalue weighted by atomic mass is 16.5. The van der Waals surface area contributed by atoms with Crippen LogP contribution in [0.2, 0.25) is 0 Å². The van der Waals surface area contributed by atoms with Crippen LogP contribution in [0, 0.1) is 13.8 Å². The van der Waals surface area contributed by atoms with Crippen LogP contribution >= 0.6 is 0 Å². The van der Waals surface area contributed by atoms with E-state index in [1.54, 1.807) is 24.5 Å². The largest absolute Gasteiger partial charge is 0.480 e. The number of anilines is 3. The highest BCUT2D eigenvalue weighted by molar-refractivity contribution is 5.80. The van der Waals surface area contributed by atoms with E-state index in [-0.39, 0.29) is 13.2 Å². The summed E-state index contributed by atoms with van der Waals surface area (Å²) in [6.07, 6.45) is 6.51. The van der Waals surface area contributed by atoms with Crippen molar-refractivity contribution in [3.8, 4) is 0 Å². The van der Waals surface area contributed by atoms with Gasteiger partial charge >= 0.3 is 12.1 Å². The molecule has 2 aliphatic rings. The van der Waals surface area contributed by atoms with Gasteiger partial charge in [-0.15, -0.1) is 0 Å². The standard InChI is InChI=1S/C29H36N8O4/c1-18-25(32-16-24(28(38)39)36-29(40)41-17-20-7-12-30-13-8-20)33-19(2)34-27(18)37-14-9-21(10-15-37)23-6-5-22-4-3-11-31-26(22)35-23/h5-8,12-13,21,24H,3-4,9-11,14-17H2,1-2H3,(H,31,35)(H,36,40)(H,38,39)(H,32,33,34)/t24-/m0/s1. The third kappa shape index (κ3) is 7.00. The maximum Gasteiger partial charge on any atom is 0.408 e. The first-order chi connectivity index (χ1) is 19.9. The smallest absolute Gasteiger partial charge is 0.408 e. The van der Waals surface area contributed by atoms with Crippen molar-refractivity contribution in [1.82, 2.24) is 25.3 Å². The Morgan fingerprint density at radius 1 is 1.12 bits per heavy atom. The molecule has 41 heavy (non-hydrogen) atoms. The van der Waals surface area contributed by atoms with E-state index >= 15 is 0 Å². The molecule has 2 aliphatic heterocycles. The third-order valence-electron chi connectivity index (χ3n) is 7.54. The molecule has 3 aromatic rings. The molecule has 0 bridgehead atoms. The number of aromatic nitrogens is 4. The van der Waals surface area contributed by atoms with Crippen molar-refractivity contribution in [3.05, 3.63) is 64.9 Å². The minimum atomic E-state index is -1.22. The van der Waals surface area contributed by atoms with Gasteiger partial charge in [0.05, 0.1) is 0 Å². The van der Waals surface area contributed by atoms with E-state index in [4.69, 9.17) is 14.7 Å². The highest BCUT2D eigenvalue weighted by Crippen LogP contribution is 2.33. The number of hydrogen-bond acceptors (Lipinski definition) is 10. The van der Waals surface area contributed by atoms with Crippen LogP contribution in [0.4, 0.5) is 22.2 Å². The highest BCUT2D eigenvalue weighted by Gasteiger charge is 2.26. The first kappa shape index (κ1) is 28.1. The zero-order chi connectivity index (χ0) is 28.8. The van der Waals surface area contributed by atoms with Gasteiger partial charge in [0.1, 0.15) is 35.9 Å². The van der Waals surface area contributed by atoms with E-state index in [9.17, 15) is 14.7 Å². The summed E-state index contributed by atoms with van der Waals surface area (Å²) in [6.45, 7) is 6.31. The van der Waals surface area contributed by atoms with E-state index in [0.717, 1.165) is 73.8 Å². The number of carboxylic acid groups (broad SMARTS) is 1. The fraction of sp³-hybridized carbons (Fsp3) is 0.448. The summed E-state index contributed by atoms with van der Waals surface area (Å²) in [7, 11) is 0.